The van der Waals surface area contributed by atoms with Crippen molar-refractivity contribution in [3.8, 4) is 0 Å². The van der Waals surface area contributed by atoms with Crippen LogP contribution in [-0.2, 0) is 4.79 Å². The normalized spacial score (nSPS) is 19.6. The van der Waals surface area contributed by atoms with Crippen LogP contribution in [0.2, 0.25) is 0 Å². The number of nitrogens with one attached hydrogen (secondary N) is 1. The van der Waals surface area contributed by atoms with Crippen LogP contribution in [0.15, 0.2) is 6.20 Å². The van der Waals surface area contributed by atoms with Crippen molar-refractivity contribution in [2.45, 2.75) is 39.2 Å². The number of H-pyrrole nitrogens is 1. The van der Waals surface area contributed by atoms with Gasteiger partial charge in [-0.2, -0.15) is 15.1 Å². The van der Waals surface area contributed by atoms with Gasteiger partial charge in [0.15, 0.2) is 5.65 Å². The second-order valence-corrected chi connectivity index (χ2v) is 7.89. The first-order valence-corrected chi connectivity index (χ1v) is 9.72. The van der Waals surface area contributed by atoms with Gasteiger partial charge in [-0.3, -0.25) is 14.8 Å². The van der Waals surface area contributed by atoms with Crippen LogP contribution in [0.4, 0.5) is 16.6 Å². The number of imide groups is 1. The monoisotopic (exact) mass is 386 g/mol. The zero-order chi connectivity index (χ0) is 20.1. The Bertz CT molecular complexity index is 915. The molecule has 10 heteroatoms. The molecule has 2 saturated heterocycles. The van der Waals surface area contributed by atoms with Crippen LogP contribution < -0.4 is 10.6 Å². The van der Waals surface area contributed by atoms with Crippen LogP contribution in [0.3, 0.4) is 0 Å². The molecule has 2 aromatic heterocycles. The van der Waals surface area contributed by atoms with Gasteiger partial charge >= 0.3 is 6.03 Å². The lowest BCUT2D eigenvalue weighted by Gasteiger charge is -2.43. The Hall–Kier alpha value is -2.91. The van der Waals surface area contributed by atoms with Crippen LogP contribution in [-0.4, -0.2) is 73.6 Å². The van der Waals surface area contributed by atoms with E-state index >= 15 is 0 Å². The maximum Gasteiger partial charge on any atom is 0.327 e. The summed E-state index contributed by atoms with van der Waals surface area (Å²) in [6.45, 7) is 8.15. The topological polar surface area (TPSA) is 124 Å². The van der Waals surface area contributed by atoms with Gasteiger partial charge in [0.1, 0.15) is 11.4 Å². The fraction of sp³-hybridized carbons (Fsp3) is 0.611. The molecular weight excluding hydrogens is 360 g/mol. The lowest BCUT2D eigenvalue weighted by molar-refractivity contribution is -0.134. The number of nitrogens with zero attached hydrogens (tertiary/aromatic N) is 6. The maximum atomic E-state index is 13.2. The molecule has 2 fully saturated rings. The lowest BCUT2D eigenvalue weighted by atomic mass is 9.85. The Balaban J connectivity index is 1.63. The molecule has 10 nitrogen and oxygen atoms in total. The summed E-state index contributed by atoms with van der Waals surface area (Å²) in [5.41, 5.74) is 5.68. The van der Waals surface area contributed by atoms with E-state index in [-0.39, 0.29) is 23.8 Å². The van der Waals surface area contributed by atoms with E-state index in [9.17, 15) is 9.59 Å². The summed E-state index contributed by atoms with van der Waals surface area (Å²) in [5, 5.41) is 7.65. The molecule has 3 amide bonds. The van der Waals surface area contributed by atoms with E-state index in [1.807, 2.05) is 6.92 Å². The first-order valence-electron chi connectivity index (χ1n) is 9.72. The number of piperidine rings is 1. The molecule has 0 bridgehead atoms. The van der Waals surface area contributed by atoms with Gasteiger partial charge in [0, 0.05) is 26.2 Å². The van der Waals surface area contributed by atoms with Crippen molar-refractivity contribution in [2.24, 2.45) is 5.92 Å². The summed E-state index contributed by atoms with van der Waals surface area (Å²) in [5.74, 6) is 1.11. The van der Waals surface area contributed by atoms with E-state index in [0.29, 0.717) is 50.5 Å². The molecule has 2 aromatic rings. The molecule has 1 spiro atoms. The summed E-state index contributed by atoms with van der Waals surface area (Å²) in [4.78, 5) is 39.9. The van der Waals surface area contributed by atoms with Crippen molar-refractivity contribution >= 4 is 34.7 Å². The number of aromatic nitrogens is 4. The predicted molar refractivity (Wildman–Crippen MR) is 105 cm³/mol. The van der Waals surface area contributed by atoms with E-state index in [0.717, 1.165) is 5.39 Å². The number of nitrogens with two attached hydrogens (primary N) is 1. The molecule has 0 radical (unpaired) electrons. The highest BCUT2D eigenvalue weighted by Gasteiger charge is 2.57. The molecule has 2 aliphatic rings. The summed E-state index contributed by atoms with van der Waals surface area (Å²) < 4.78 is 0. The van der Waals surface area contributed by atoms with Crippen molar-refractivity contribution < 1.29 is 9.59 Å². The molecule has 150 valence electrons. The summed E-state index contributed by atoms with van der Waals surface area (Å²) in [6.07, 6.45) is 2.80. The quantitative estimate of drug-likeness (QED) is 0.757. The number of carbonyl (C=O) groups is 2. The van der Waals surface area contributed by atoms with E-state index in [2.05, 4.69) is 38.9 Å². The summed E-state index contributed by atoms with van der Waals surface area (Å²) in [7, 11) is 0. The van der Waals surface area contributed by atoms with Gasteiger partial charge in [0.25, 0.3) is 5.91 Å². The third-order valence-electron chi connectivity index (χ3n) is 5.68. The van der Waals surface area contributed by atoms with Gasteiger partial charge in [0.05, 0.1) is 11.6 Å². The van der Waals surface area contributed by atoms with Crippen LogP contribution in [0.5, 0.6) is 0 Å². The van der Waals surface area contributed by atoms with Crippen molar-refractivity contribution in [3.05, 3.63) is 6.20 Å². The third kappa shape index (κ3) is 2.66. The van der Waals surface area contributed by atoms with E-state index < -0.39 is 5.54 Å². The smallest absolute Gasteiger partial charge is 0.327 e. The number of carbonyl (C=O) groups excluding carboxylic acids is 2. The minimum absolute atomic E-state index is 0.0732. The summed E-state index contributed by atoms with van der Waals surface area (Å²) in [6, 6.07) is -0.168. The first kappa shape index (κ1) is 18.5. The second-order valence-electron chi connectivity index (χ2n) is 7.89. The summed E-state index contributed by atoms with van der Waals surface area (Å²) >= 11 is 0. The average Bonchev–Trinajstić information content (AvgIpc) is 3.19. The van der Waals surface area contributed by atoms with E-state index in [4.69, 9.17) is 5.73 Å². The number of anilines is 2. The van der Waals surface area contributed by atoms with Gasteiger partial charge in [-0.05, 0) is 25.7 Å². The molecule has 28 heavy (non-hydrogen) atoms. The van der Waals surface area contributed by atoms with Crippen LogP contribution >= 0.6 is 0 Å². The highest BCUT2D eigenvalue weighted by molar-refractivity contribution is 6.07. The van der Waals surface area contributed by atoms with Gasteiger partial charge in [-0.25, -0.2) is 4.79 Å². The Kier molecular flexibility index (Phi) is 4.35. The Morgan fingerprint density at radius 2 is 1.96 bits per heavy atom. The Labute approximate surface area is 163 Å². The SMILES string of the molecule is CCN1C(=O)N(CC(C)C)C2(CCN(c3nc(N)nc4[nH]ncc34)CC2)C1=O. The number of urea groups is 1. The first-order chi connectivity index (χ1) is 13.4. The second kappa shape index (κ2) is 6.61. The fourth-order valence-corrected chi connectivity index (χ4v) is 4.33. The Morgan fingerprint density at radius 3 is 2.61 bits per heavy atom. The third-order valence-corrected chi connectivity index (χ3v) is 5.68. The Morgan fingerprint density at radius 1 is 1.25 bits per heavy atom. The zero-order valence-corrected chi connectivity index (χ0v) is 16.5. The number of hydrogen-bond acceptors (Lipinski definition) is 7. The largest absolute Gasteiger partial charge is 0.368 e. The number of aromatic amines is 1. The zero-order valence-electron chi connectivity index (χ0n) is 16.5. The van der Waals surface area contributed by atoms with Crippen LogP contribution in [0.1, 0.15) is 33.6 Å². The molecular formula is C18H26N8O2. The molecule has 4 rings (SSSR count). The van der Waals surface area contributed by atoms with Gasteiger partial charge in [-0.1, -0.05) is 13.8 Å². The van der Waals surface area contributed by atoms with Crippen molar-refractivity contribution in [1.82, 2.24) is 30.0 Å². The van der Waals surface area contributed by atoms with Gasteiger partial charge in [-0.15, -0.1) is 0 Å². The number of rotatable bonds is 4. The van der Waals surface area contributed by atoms with E-state index in [1.165, 1.54) is 4.90 Å². The number of nitrogen functional groups attached to an aromatic ring is 1. The van der Waals surface area contributed by atoms with Crippen LogP contribution in [0, 0.1) is 5.92 Å². The number of likely N-dealkylation sites (N-methyl/N-ethyl adjacent to an activating group) is 1. The molecule has 0 atom stereocenters. The molecule has 2 aliphatic heterocycles. The minimum atomic E-state index is -0.762. The number of hydrogen-bond donors (Lipinski definition) is 2. The molecule has 3 N–H and O–H groups in total. The van der Waals surface area contributed by atoms with Crippen molar-refractivity contribution in [3.63, 3.8) is 0 Å². The lowest BCUT2D eigenvalue weighted by Crippen LogP contribution is -2.57. The van der Waals surface area contributed by atoms with Crippen LogP contribution in [0.25, 0.3) is 11.0 Å². The van der Waals surface area contributed by atoms with Crippen molar-refractivity contribution in [1.29, 1.82) is 0 Å². The molecule has 0 aromatic carbocycles. The van der Waals surface area contributed by atoms with E-state index in [1.54, 1.807) is 11.1 Å². The highest BCUT2D eigenvalue weighted by Crippen LogP contribution is 2.39. The number of fused-ring (bicyclic) bond motifs is 1. The fourth-order valence-electron chi connectivity index (χ4n) is 4.33. The standard InChI is InChI=1S/C18H26N8O2/c1-4-25-15(27)18(26(17(25)28)10-11(2)3)5-7-24(8-6-18)14-12-9-20-23-13(12)21-16(19)22-14/h9,11H,4-8,10H2,1-3H3,(H3,19,20,21,22,23). The molecule has 0 aliphatic carbocycles. The number of amides is 3. The van der Waals surface area contributed by atoms with Crippen molar-refractivity contribution in [2.75, 3.05) is 36.8 Å². The van der Waals surface area contributed by atoms with Gasteiger partial charge in [0.2, 0.25) is 5.95 Å². The van der Waals surface area contributed by atoms with Gasteiger partial charge < -0.3 is 15.5 Å². The maximum absolute atomic E-state index is 13.2. The molecule has 0 unspecified atom stereocenters. The average molecular weight is 386 g/mol. The minimum Gasteiger partial charge on any atom is -0.368 e. The molecule has 4 heterocycles. The molecule has 0 saturated carbocycles. The predicted octanol–water partition coefficient (Wildman–Crippen LogP) is 1.21. The highest BCUT2D eigenvalue weighted by atomic mass is 16.2.